The van der Waals surface area contributed by atoms with Gasteiger partial charge in [0.15, 0.2) is 0 Å². The monoisotopic (exact) mass is 512 g/mol. The van der Waals surface area contributed by atoms with Gasteiger partial charge in [0, 0.05) is 62.3 Å². The number of rotatable bonds is 11. The first-order valence-corrected chi connectivity index (χ1v) is 14.0. The van der Waals surface area contributed by atoms with Crippen molar-refractivity contribution >= 4 is 17.2 Å². The van der Waals surface area contributed by atoms with E-state index in [-0.39, 0.29) is 18.5 Å². The Morgan fingerprint density at radius 2 is 1.73 bits per heavy atom. The maximum atomic E-state index is 14.2. The molecular formula is C29H41FN4O3. The first-order chi connectivity index (χ1) is 18.2. The zero-order valence-electron chi connectivity index (χ0n) is 21.8. The van der Waals surface area contributed by atoms with Gasteiger partial charge in [0.2, 0.25) is 0 Å². The molecule has 0 spiro atoms. The number of aliphatic hydroxyl groups excluding tert-OH is 1. The van der Waals surface area contributed by atoms with Crippen molar-refractivity contribution in [3.8, 4) is 0 Å². The summed E-state index contributed by atoms with van der Waals surface area (Å²) in [6, 6.07) is 12.1. The Hall–Kier alpha value is -2.42. The minimum absolute atomic E-state index is 0.0316. The Labute approximate surface area is 220 Å². The van der Waals surface area contributed by atoms with Crippen LogP contribution in [0.25, 0.3) is 0 Å². The minimum atomic E-state index is -0.187. The quantitative estimate of drug-likeness (QED) is 0.455. The summed E-state index contributed by atoms with van der Waals surface area (Å²) in [7, 11) is 0. The molecular weight excluding hydrogens is 471 g/mol. The number of anilines is 3. The molecule has 1 aromatic heterocycles. The Balaban J connectivity index is 1.34. The van der Waals surface area contributed by atoms with Gasteiger partial charge in [-0.25, -0.2) is 9.37 Å². The molecule has 3 aliphatic rings. The molecule has 3 saturated heterocycles. The van der Waals surface area contributed by atoms with Crippen LogP contribution in [0.4, 0.5) is 21.6 Å². The summed E-state index contributed by atoms with van der Waals surface area (Å²) in [5, 5.41) is 8.86. The molecule has 1 N–H and O–H groups in total. The third-order valence-electron chi connectivity index (χ3n) is 8.09. The molecule has 7 nitrogen and oxygen atoms in total. The summed E-state index contributed by atoms with van der Waals surface area (Å²) < 4.78 is 25.4. The Bertz CT molecular complexity index is 989. The van der Waals surface area contributed by atoms with Gasteiger partial charge in [-0.05, 0) is 62.8 Å². The second-order valence-electron chi connectivity index (χ2n) is 10.4. The van der Waals surface area contributed by atoms with Crippen LogP contribution >= 0.6 is 0 Å². The molecule has 4 heterocycles. The van der Waals surface area contributed by atoms with E-state index in [1.54, 1.807) is 6.07 Å². The second-order valence-corrected chi connectivity index (χ2v) is 10.4. The van der Waals surface area contributed by atoms with Crippen LogP contribution in [0.5, 0.6) is 0 Å². The number of aromatic nitrogens is 1. The predicted octanol–water partition coefficient (Wildman–Crippen LogP) is 4.10. The molecule has 0 saturated carbocycles. The van der Waals surface area contributed by atoms with Crippen LogP contribution in [0, 0.1) is 11.7 Å². The van der Waals surface area contributed by atoms with Crippen molar-refractivity contribution in [1.82, 2.24) is 4.98 Å². The van der Waals surface area contributed by atoms with Gasteiger partial charge in [0.05, 0.1) is 38.5 Å². The van der Waals surface area contributed by atoms with Crippen molar-refractivity contribution in [2.45, 2.75) is 50.6 Å². The number of ether oxygens (including phenoxy) is 2. The SMILES string of the molecule is OCCOCCOCC[C@@H]1CN(c2cc(N3CCCCC3)ccn2)[C@@H]2CCCN(c3cccc(F)c3)[C@H]12. The maximum absolute atomic E-state index is 14.2. The first-order valence-electron chi connectivity index (χ1n) is 14.0. The fourth-order valence-electron chi connectivity index (χ4n) is 6.42. The van der Waals surface area contributed by atoms with E-state index in [0.717, 1.165) is 56.9 Å². The van der Waals surface area contributed by atoms with Gasteiger partial charge in [-0.15, -0.1) is 0 Å². The van der Waals surface area contributed by atoms with Gasteiger partial charge in [-0.2, -0.15) is 0 Å². The van der Waals surface area contributed by atoms with E-state index in [1.165, 1.54) is 31.0 Å². The summed E-state index contributed by atoms with van der Waals surface area (Å²) in [5.74, 6) is 1.25. The molecule has 5 rings (SSSR count). The van der Waals surface area contributed by atoms with Crippen molar-refractivity contribution < 1.29 is 19.0 Å². The maximum Gasteiger partial charge on any atom is 0.130 e. The van der Waals surface area contributed by atoms with Gasteiger partial charge < -0.3 is 29.3 Å². The summed E-state index contributed by atoms with van der Waals surface area (Å²) in [6.45, 7) is 6.14. The fraction of sp³-hybridized carbons (Fsp3) is 0.621. The van der Waals surface area contributed by atoms with Crippen LogP contribution in [0.15, 0.2) is 42.6 Å². The van der Waals surface area contributed by atoms with E-state index >= 15 is 0 Å². The van der Waals surface area contributed by atoms with Crippen molar-refractivity contribution in [1.29, 1.82) is 0 Å². The standard InChI is InChI=1S/C29H41FN4O3/c30-24-6-4-7-26(20-24)33-14-5-8-27-29(33)23(10-16-36-18-19-37-17-15-35)22-34(27)28-21-25(9-11-31-28)32-12-2-1-3-13-32/h4,6-7,9,11,20-21,23,27,29,35H,1-3,5,8,10,12-19,22H2/t23-,27-,29-/m1/s1. The zero-order valence-corrected chi connectivity index (χ0v) is 21.8. The van der Waals surface area contributed by atoms with E-state index in [2.05, 4.69) is 26.8 Å². The van der Waals surface area contributed by atoms with Gasteiger partial charge in [0.1, 0.15) is 11.6 Å². The number of benzene rings is 1. The number of fused-ring (bicyclic) bond motifs is 1. The molecule has 37 heavy (non-hydrogen) atoms. The lowest BCUT2D eigenvalue weighted by Gasteiger charge is -2.43. The molecule has 3 atom stereocenters. The second kappa shape index (κ2) is 12.9. The van der Waals surface area contributed by atoms with Crippen molar-refractivity contribution in [3.63, 3.8) is 0 Å². The summed E-state index contributed by atoms with van der Waals surface area (Å²) >= 11 is 0. The average molecular weight is 513 g/mol. The largest absolute Gasteiger partial charge is 0.394 e. The lowest BCUT2D eigenvalue weighted by molar-refractivity contribution is 0.0293. The Morgan fingerprint density at radius 1 is 0.892 bits per heavy atom. The van der Waals surface area contributed by atoms with Gasteiger partial charge >= 0.3 is 0 Å². The molecule has 0 amide bonds. The Kier molecular flexibility index (Phi) is 9.13. The smallest absolute Gasteiger partial charge is 0.130 e. The molecule has 1 aromatic carbocycles. The van der Waals surface area contributed by atoms with Crippen LogP contribution in [0.2, 0.25) is 0 Å². The van der Waals surface area contributed by atoms with E-state index in [4.69, 9.17) is 19.6 Å². The summed E-state index contributed by atoms with van der Waals surface area (Å²) in [5.41, 5.74) is 2.24. The summed E-state index contributed by atoms with van der Waals surface area (Å²) in [6.07, 6.45) is 8.89. The van der Waals surface area contributed by atoms with Crippen molar-refractivity contribution in [2.24, 2.45) is 5.92 Å². The molecule has 8 heteroatoms. The number of nitrogens with zero attached hydrogens (tertiary/aromatic N) is 4. The van der Waals surface area contributed by atoms with Gasteiger partial charge in [0.25, 0.3) is 0 Å². The predicted molar refractivity (Wildman–Crippen MR) is 145 cm³/mol. The number of piperidine rings is 2. The van der Waals surface area contributed by atoms with Gasteiger partial charge in [-0.3, -0.25) is 0 Å². The van der Waals surface area contributed by atoms with Crippen LogP contribution < -0.4 is 14.7 Å². The molecule has 3 aliphatic heterocycles. The van der Waals surface area contributed by atoms with Crippen LogP contribution in [-0.4, -0.2) is 81.4 Å². The van der Waals surface area contributed by atoms with Crippen LogP contribution in [0.3, 0.4) is 0 Å². The lowest BCUT2D eigenvalue weighted by Crippen LogP contribution is -2.52. The zero-order chi connectivity index (χ0) is 25.5. The highest BCUT2D eigenvalue weighted by atomic mass is 19.1. The molecule has 2 aromatic rings. The first kappa shape index (κ1) is 26.2. The van der Waals surface area contributed by atoms with Crippen molar-refractivity contribution in [2.75, 3.05) is 73.9 Å². The van der Waals surface area contributed by atoms with E-state index in [0.29, 0.717) is 38.4 Å². The highest BCUT2D eigenvalue weighted by Crippen LogP contribution is 2.41. The minimum Gasteiger partial charge on any atom is -0.394 e. The fourth-order valence-corrected chi connectivity index (χ4v) is 6.42. The molecule has 0 aliphatic carbocycles. The average Bonchev–Trinajstić information content (AvgIpc) is 3.32. The van der Waals surface area contributed by atoms with E-state index in [9.17, 15) is 4.39 Å². The normalized spacial score (nSPS) is 23.9. The molecule has 0 radical (unpaired) electrons. The molecule has 0 bridgehead atoms. The summed E-state index contributed by atoms with van der Waals surface area (Å²) in [4.78, 5) is 12.3. The number of pyridine rings is 1. The third kappa shape index (κ3) is 6.36. The van der Waals surface area contributed by atoms with Gasteiger partial charge in [-0.1, -0.05) is 6.07 Å². The highest BCUT2D eigenvalue weighted by molar-refractivity contribution is 5.58. The number of halogens is 1. The van der Waals surface area contributed by atoms with E-state index in [1.807, 2.05) is 18.3 Å². The molecule has 202 valence electrons. The number of hydrogen-bond donors (Lipinski definition) is 1. The number of hydrogen-bond acceptors (Lipinski definition) is 7. The molecule has 0 unspecified atom stereocenters. The van der Waals surface area contributed by atoms with Crippen LogP contribution in [0.1, 0.15) is 38.5 Å². The Morgan fingerprint density at radius 3 is 2.54 bits per heavy atom. The topological polar surface area (TPSA) is 61.3 Å². The van der Waals surface area contributed by atoms with Crippen LogP contribution in [-0.2, 0) is 9.47 Å². The number of aliphatic hydroxyl groups is 1. The van der Waals surface area contributed by atoms with E-state index < -0.39 is 0 Å². The molecule has 3 fully saturated rings. The third-order valence-corrected chi connectivity index (χ3v) is 8.09. The highest BCUT2D eigenvalue weighted by Gasteiger charge is 2.47. The van der Waals surface area contributed by atoms with Crippen molar-refractivity contribution in [3.05, 3.63) is 48.4 Å². The lowest BCUT2D eigenvalue weighted by atomic mass is 9.88.